The fourth-order valence-corrected chi connectivity index (χ4v) is 4.55. The van der Waals surface area contributed by atoms with Gasteiger partial charge in [-0.3, -0.25) is 24.2 Å². The minimum absolute atomic E-state index is 0.129. The molecule has 8 heteroatoms. The van der Waals surface area contributed by atoms with Gasteiger partial charge in [0.1, 0.15) is 5.92 Å². The Morgan fingerprint density at radius 3 is 1.97 bits per heavy atom. The van der Waals surface area contributed by atoms with E-state index >= 15 is 0 Å². The molecule has 148 valence electrons. The molecule has 0 saturated carbocycles. The SMILES string of the molecule is O=C1c2ccccc2C(=O)C1C1=N[C@H](C(=O)O)[C@H]2C(=O)N(c3ccccc3)C(=O)[C@@H]12. The Morgan fingerprint density at radius 1 is 0.833 bits per heavy atom. The molecule has 30 heavy (non-hydrogen) atoms. The van der Waals surface area contributed by atoms with Crippen LogP contribution in [0.25, 0.3) is 0 Å². The number of hydrogen-bond donors (Lipinski definition) is 1. The summed E-state index contributed by atoms with van der Waals surface area (Å²) in [6, 6.07) is 12.9. The second-order valence-electron chi connectivity index (χ2n) is 7.40. The van der Waals surface area contributed by atoms with Crippen LogP contribution in [0.2, 0.25) is 0 Å². The molecular formula is C22H14N2O6. The van der Waals surface area contributed by atoms with E-state index in [0.717, 1.165) is 4.90 Å². The lowest BCUT2D eigenvalue weighted by molar-refractivity contribution is -0.141. The third-order valence-electron chi connectivity index (χ3n) is 5.84. The molecule has 0 aromatic heterocycles. The van der Waals surface area contributed by atoms with E-state index in [1.54, 1.807) is 42.5 Å². The van der Waals surface area contributed by atoms with Crippen molar-refractivity contribution in [1.29, 1.82) is 0 Å². The molecule has 1 N–H and O–H groups in total. The van der Waals surface area contributed by atoms with Gasteiger partial charge in [0.15, 0.2) is 17.6 Å². The van der Waals surface area contributed by atoms with Gasteiger partial charge in [-0.25, -0.2) is 9.69 Å². The lowest BCUT2D eigenvalue weighted by Crippen LogP contribution is -2.37. The molecule has 0 unspecified atom stereocenters. The fraction of sp³-hybridized carbons (Fsp3) is 0.182. The third-order valence-corrected chi connectivity index (χ3v) is 5.84. The van der Waals surface area contributed by atoms with Crippen molar-refractivity contribution in [2.75, 3.05) is 4.90 Å². The first kappa shape index (κ1) is 18.1. The van der Waals surface area contributed by atoms with E-state index in [1.165, 1.54) is 12.1 Å². The number of nitrogens with zero attached hydrogens (tertiary/aromatic N) is 2. The van der Waals surface area contributed by atoms with E-state index < -0.39 is 53.1 Å². The van der Waals surface area contributed by atoms with Gasteiger partial charge in [0.25, 0.3) is 0 Å². The third kappa shape index (κ3) is 2.27. The van der Waals surface area contributed by atoms with Crippen LogP contribution in [0.4, 0.5) is 5.69 Å². The van der Waals surface area contributed by atoms with Crippen molar-refractivity contribution < 1.29 is 29.1 Å². The summed E-state index contributed by atoms with van der Waals surface area (Å²) in [6.07, 6.45) is 0. The van der Waals surface area contributed by atoms with Gasteiger partial charge in [-0.2, -0.15) is 0 Å². The van der Waals surface area contributed by atoms with Gasteiger partial charge in [-0.15, -0.1) is 0 Å². The number of carboxylic acids is 1. The molecule has 2 aromatic carbocycles. The molecule has 1 aliphatic carbocycles. The first-order valence-electron chi connectivity index (χ1n) is 9.32. The minimum Gasteiger partial charge on any atom is -0.480 e. The lowest BCUT2D eigenvalue weighted by atomic mass is 9.82. The summed E-state index contributed by atoms with van der Waals surface area (Å²) in [4.78, 5) is 69.0. The Balaban J connectivity index is 1.61. The van der Waals surface area contributed by atoms with Gasteiger partial charge in [0.2, 0.25) is 11.8 Å². The van der Waals surface area contributed by atoms with Gasteiger partial charge in [-0.1, -0.05) is 42.5 Å². The normalized spacial score (nSPS) is 25.5. The van der Waals surface area contributed by atoms with Crippen molar-refractivity contribution in [2.45, 2.75) is 6.04 Å². The highest BCUT2D eigenvalue weighted by molar-refractivity contribution is 6.41. The molecule has 3 aliphatic rings. The molecule has 2 amide bonds. The number of benzene rings is 2. The molecule has 0 radical (unpaired) electrons. The van der Waals surface area contributed by atoms with Crippen LogP contribution in [0, 0.1) is 17.8 Å². The minimum atomic E-state index is -1.53. The number of aliphatic carboxylic acids is 1. The highest BCUT2D eigenvalue weighted by atomic mass is 16.4. The highest BCUT2D eigenvalue weighted by Crippen LogP contribution is 2.43. The number of hydrogen-bond acceptors (Lipinski definition) is 6. The number of imide groups is 1. The van der Waals surface area contributed by atoms with E-state index in [4.69, 9.17) is 0 Å². The number of fused-ring (bicyclic) bond motifs is 2. The smallest absolute Gasteiger partial charge is 0.329 e. The van der Waals surface area contributed by atoms with Gasteiger partial charge < -0.3 is 5.11 Å². The number of rotatable bonds is 3. The number of anilines is 1. The number of carboxylic acid groups (broad SMARTS) is 1. The van der Waals surface area contributed by atoms with Crippen LogP contribution in [0.3, 0.4) is 0 Å². The molecule has 2 heterocycles. The molecule has 2 aliphatic heterocycles. The molecule has 8 nitrogen and oxygen atoms in total. The summed E-state index contributed by atoms with van der Waals surface area (Å²) in [5, 5.41) is 9.63. The summed E-state index contributed by atoms with van der Waals surface area (Å²) in [5.74, 6) is -7.73. The predicted octanol–water partition coefficient (Wildman–Crippen LogP) is 1.40. The van der Waals surface area contributed by atoms with Gasteiger partial charge in [0.05, 0.1) is 17.5 Å². The zero-order valence-corrected chi connectivity index (χ0v) is 15.4. The maximum Gasteiger partial charge on any atom is 0.329 e. The molecule has 3 atom stereocenters. The quantitative estimate of drug-likeness (QED) is 0.612. The number of ketones is 2. The van der Waals surface area contributed by atoms with Gasteiger partial charge in [0, 0.05) is 16.8 Å². The van der Waals surface area contributed by atoms with Crippen molar-refractivity contribution in [3.8, 4) is 0 Å². The van der Waals surface area contributed by atoms with Crippen LogP contribution in [0.5, 0.6) is 0 Å². The van der Waals surface area contributed by atoms with E-state index in [0.29, 0.717) is 5.69 Å². The summed E-state index contributed by atoms with van der Waals surface area (Å²) in [7, 11) is 0. The molecule has 1 fully saturated rings. The van der Waals surface area contributed by atoms with Crippen LogP contribution >= 0.6 is 0 Å². The first-order chi connectivity index (χ1) is 14.4. The zero-order chi connectivity index (χ0) is 21.2. The number of Topliss-reactive ketones (excluding diaryl/α,β-unsaturated/α-hetero) is 2. The van der Waals surface area contributed by atoms with Crippen LogP contribution in [0.15, 0.2) is 59.6 Å². The lowest BCUT2D eigenvalue weighted by Gasteiger charge is -2.17. The molecule has 0 bridgehead atoms. The summed E-state index contributed by atoms with van der Waals surface area (Å²) in [5.41, 5.74) is 0.595. The second kappa shape index (κ2) is 6.28. The van der Waals surface area contributed by atoms with Crippen molar-refractivity contribution in [3.05, 3.63) is 65.7 Å². The summed E-state index contributed by atoms with van der Waals surface area (Å²) < 4.78 is 0. The maximum absolute atomic E-state index is 13.2. The summed E-state index contributed by atoms with van der Waals surface area (Å²) in [6.45, 7) is 0. The van der Waals surface area contributed by atoms with E-state index in [9.17, 15) is 29.1 Å². The molecule has 0 spiro atoms. The van der Waals surface area contributed by atoms with Crippen molar-refractivity contribution in [1.82, 2.24) is 0 Å². The maximum atomic E-state index is 13.2. The highest BCUT2D eigenvalue weighted by Gasteiger charge is 2.62. The molecule has 5 rings (SSSR count). The average molecular weight is 402 g/mol. The Morgan fingerprint density at radius 2 is 1.40 bits per heavy atom. The molecule has 2 aromatic rings. The van der Waals surface area contributed by atoms with Gasteiger partial charge >= 0.3 is 5.97 Å². The number of aliphatic imine (C=N–C) groups is 1. The van der Waals surface area contributed by atoms with Crippen molar-refractivity contribution in [3.63, 3.8) is 0 Å². The van der Waals surface area contributed by atoms with Crippen LogP contribution in [-0.2, 0) is 14.4 Å². The van der Waals surface area contributed by atoms with Crippen LogP contribution in [-0.4, -0.2) is 46.2 Å². The zero-order valence-electron chi connectivity index (χ0n) is 15.4. The van der Waals surface area contributed by atoms with Crippen molar-refractivity contribution >= 4 is 40.7 Å². The Hall–Kier alpha value is -3.94. The molecular weight excluding hydrogens is 388 g/mol. The van der Waals surface area contributed by atoms with E-state index in [1.807, 2.05) is 0 Å². The fourth-order valence-electron chi connectivity index (χ4n) is 4.55. The van der Waals surface area contributed by atoms with Crippen molar-refractivity contribution in [2.24, 2.45) is 22.7 Å². The Labute approximate surface area is 169 Å². The largest absolute Gasteiger partial charge is 0.480 e. The average Bonchev–Trinajstić information content (AvgIpc) is 3.33. The summed E-state index contributed by atoms with van der Waals surface area (Å²) >= 11 is 0. The van der Waals surface area contributed by atoms with E-state index in [-0.39, 0.29) is 16.8 Å². The number of amides is 2. The standard InChI is InChI=1S/C22H14N2O6/c25-18-11-8-4-5-9-12(11)19(26)15(18)16-13-14(17(23-16)22(29)30)21(28)24(20(13)27)10-6-2-1-3-7-10/h1-9,13-15,17H,(H,29,30)/t13-,14+,17+/m1/s1. The number of carbonyl (C=O) groups is 5. The first-order valence-corrected chi connectivity index (χ1v) is 9.32. The Bertz CT molecular complexity index is 1150. The number of para-hydroxylation sites is 1. The van der Waals surface area contributed by atoms with Crippen LogP contribution < -0.4 is 4.90 Å². The Kier molecular flexibility index (Phi) is 3.79. The predicted molar refractivity (Wildman–Crippen MR) is 103 cm³/mol. The monoisotopic (exact) mass is 402 g/mol. The van der Waals surface area contributed by atoms with Gasteiger partial charge in [-0.05, 0) is 12.1 Å². The topological polar surface area (TPSA) is 121 Å². The second-order valence-corrected chi connectivity index (χ2v) is 7.40. The van der Waals surface area contributed by atoms with E-state index in [2.05, 4.69) is 4.99 Å². The number of carbonyl (C=O) groups excluding carboxylic acids is 4. The molecule has 1 saturated heterocycles. The van der Waals surface area contributed by atoms with Crippen LogP contribution in [0.1, 0.15) is 20.7 Å².